The fraction of sp³-hybridized carbons (Fsp3) is 0.609. The monoisotopic (exact) mass is 414 g/mol. The number of nitrogens with zero attached hydrogens (tertiary/aromatic N) is 1. The summed E-state index contributed by atoms with van der Waals surface area (Å²) in [6.45, 7) is 0.564. The van der Waals surface area contributed by atoms with Crippen molar-refractivity contribution in [1.82, 2.24) is 10.2 Å². The molecule has 1 heterocycles. The quantitative estimate of drug-likeness (QED) is 0.664. The van der Waals surface area contributed by atoms with E-state index >= 15 is 0 Å². The van der Waals surface area contributed by atoms with E-state index in [0.29, 0.717) is 13.0 Å². The van der Waals surface area contributed by atoms with Crippen LogP contribution in [0.2, 0.25) is 0 Å². The van der Waals surface area contributed by atoms with Crippen molar-refractivity contribution in [3.05, 3.63) is 35.9 Å². The molecular formula is C23H30N2O3S. The lowest BCUT2D eigenvalue weighted by molar-refractivity contribution is -0.148. The molecule has 3 amide bonds. The van der Waals surface area contributed by atoms with E-state index in [1.165, 1.54) is 10.5 Å². The summed E-state index contributed by atoms with van der Waals surface area (Å²) in [6, 6.07) is 9.61. The Morgan fingerprint density at radius 1 is 1.14 bits per heavy atom. The molecule has 3 aliphatic rings. The van der Waals surface area contributed by atoms with Gasteiger partial charge in [-0.2, -0.15) is 11.8 Å². The molecule has 1 aromatic rings. The van der Waals surface area contributed by atoms with Crippen LogP contribution < -0.4 is 5.32 Å². The highest BCUT2D eigenvalue weighted by atomic mass is 32.2. The first-order chi connectivity index (χ1) is 14.1. The normalized spacial score (nSPS) is 26.2. The van der Waals surface area contributed by atoms with E-state index in [4.69, 9.17) is 0 Å². The molecule has 1 aromatic carbocycles. The molecule has 1 N–H and O–H groups in total. The summed E-state index contributed by atoms with van der Waals surface area (Å²) in [6.07, 6.45) is 8.15. The molecule has 0 bridgehead atoms. The van der Waals surface area contributed by atoms with E-state index in [-0.39, 0.29) is 35.0 Å². The summed E-state index contributed by atoms with van der Waals surface area (Å²) in [5, 5.41) is 3.10. The van der Waals surface area contributed by atoms with Gasteiger partial charge in [-0.3, -0.25) is 19.3 Å². The molecule has 29 heavy (non-hydrogen) atoms. The average molecular weight is 415 g/mol. The third-order valence-corrected chi connectivity index (χ3v) is 7.57. The van der Waals surface area contributed by atoms with Crippen LogP contribution in [-0.2, 0) is 19.8 Å². The van der Waals surface area contributed by atoms with Crippen LogP contribution in [0.25, 0.3) is 0 Å². The predicted octanol–water partition coefficient (Wildman–Crippen LogP) is 3.13. The highest BCUT2D eigenvalue weighted by molar-refractivity contribution is 7.98. The first-order valence-electron chi connectivity index (χ1n) is 10.8. The van der Waals surface area contributed by atoms with Crippen molar-refractivity contribution in [2.24, 2.45) is 11.8 Å². The fourth-order valence-corrected chi connectivity index (χ4v) is 5.45. The molecule has 3 atom stereocenters. The average Bonchev–Trinajstić information content (AvgIpc) is 3.51. The lowest BCUT2D eigenvalue weighted by Crippen LogP contribution is -2.51. The van der Waals surface area contributed by atoms with Gasteiger partial charge in [0, 0.05) is 12.0 Å². The molecule has 0 aromatic heterocycles. The van der Waals surface area contributed by atoms with Crippen molar-refractivity contribution in [1.29, 1.82) is 0 Å². The number of rotatable bonds is 8. The fourth-order valence-electron chi connectivity index (χ4n) is 4.99. The lowest BCUT2D eigenvalue weighted by atomic mass is 9.81. The van der Waals surface area contributed by atoms with Crippen LogP contribution >= 0.6 is 11.8 Å². The molecule has 3 fully saturated rings. The van der Waals surface area contributed by atoms with Crippen molar-refractivity contribution in [2.75, 3.05) is 18.6 Å². The Morgan fingerprint density at radius 2 is 1.76 bits per heavy atom. The molecule has 1 aliphatic heterocycles. The third-order valence-electron chi connectivity index (χ3n) is 6.93. The molecule has 6 heteroatoms. The van der Waals surface area contributed by atoms with Crippen molar-refractivity contribution in [2.45, 2.75) is 56.4 Å². The summed E-state index contributed by atoms with van der Waals surface area (Å²) >= 11 is 1.64. The van der Waals surface area contributed by atoms with Gasteiger partial charge in [-0.05, 0) is 49.7 Å². The van der Waals surface area contributed by atoms with Crippen LogP contribution in [0.4, 0.5) is 0 Å². The molecular weight excluding hydrogens is 384 g/mol. The molecule has 4 rings (SSSR count). The Labute approximate surface area is 177 Å². The van der Waals surface area contributed by atoms with E-state index in [2.05, 4.69) is 17.4 Å². The number of carbonyl (C=O) groups excluding carboxylic acids is 3. The number of carbonyl (C=O) groups is 3. The number of hydrogen-bond donors (Lipinski definition) is 1. The molecule has 2 aliphatic carbocycles. The van der Waals surface area contributed by atoms with Gasteiger partial charge in [0.15, 0.2) is 0 Å². The van der Waals surface area contributed by atoms with Crippen molar-refractivity contribution in [3.8, 4) is 0 Å². The number of benzene rings is 1. The Hall–Kier alpha value is -1.82. The first kappa shape index (κ1) is 20.5. The highest BCUT2D eigenvalue weighted by Gasteiger charge is 2.52. The van der Waals surface area contributed by atoms with Crippen LogP contribution in [0.3, 0.4) is 0 Å². The van der Waals surface area contributed by atoms with Crippen LogP contribution in [0.1, 0.15) is 50.5 Å². The van der Waals surface area contributed by atoms with Gasteiger partial charge in [0.05, 0.1) is 11.8 Å². The Morgan fingerprint density at radius 3 is 2.31 bits per heavy atom. The largest absolute Gasteiger partial charge is 0.353 e. The van der Waals surface area contributed by atoms with E-state index in [0.717, 1.165) is 44.3 Å². The van der Waals surface area contributed by atoms with Crippen molar-refractivity contribution < 1.29 is 14.4 Å². The van der Waals surface area contributed by atoms with E-state index in [1.807, 2.05) is 24.5 Å². The maximum atomic E-state index is 13.2. The van der Waals surface area contributed by atoms with Crippen LogP contribution in [0.5, 0.6) is 0 Å². The maximum absolute atomic E-state index is 13.2. The number of nitrogens with one attached hydrogen (secondary N) is 1. The third kappa shape index (κ3) is 3.96. The summed E-state index contributed by atoms with van der Waals surface area (Å²) in [4.78, 5) is 40.5. The summed E-state index contributed by atoms with van der Waals surface area (Å²) in [5.41, 5.74) is 1.26. The zero-order valence-electron chi connectivity index (χ0n) is 17.1. The van der Waals surface area contributed by atoms with Gasteiger partial charge in [0.1, 0.15) is 6.04 Å². The van der Waals surface area contributed by atoms with E-state index < -0.39 is 6.04 Å². The van der Waals surface area contributed by atoms with Crippen molar-refractivity contribution in [3.63, 3.8) is 0 Å². The van der Waals surface area contributed by atoms with Gasteiger partial charge in [-0.15, -0.1) is 0 Å². The molecule has 0 radical (unpaired) electrons. The molecule has 2 saturated carbocycles. The summed E-state index contributed by atoms with van der Waals surface area (Å²) in [5.74, 6) is -0.0920. The predicted molar refractivity (Wildman–Crippen MR) is 114 cm³/mol. The topological polar surface area (TPSA) is 66.5 Å². The first-order valence-corrected chi connectivity index (χ1v) is 12.2. The minimum Gasteiger partial charge on any atom is -0.353 e. The summed E-state index contributed by atoms with van der Waals surface area (Å²) in [7, 11) is 0. The second-order valence-corrected chi connectivity index (χ2v) is 9.69. The minimum absolute atomic E-state index is 0.00793. The molecule has 1 saturated heterocycles. The Balaban J connectivity index is 1.47. The number of thioether (sulfide) groups is 1. The van der Waals surface area contributed by atoms with Gasteiger partial charge in [0.25, 0.3) is 0 Å². The van der Waals surface area contributed by atoms with E-state index in [1.54, 1.807) is 11.8 Å². The van der Waals surface area contributed by atoms with Gasteiger partial charge in [0.2, 0.25) is 17.7 Å². The van der Waals surface area contributed by atoms with Crippen molar-refractivity contribution >= 4 is 29.5 Å². The number of amides is 3. The number of imide groups is 1. The number of fused-ring (bicyclic) bond motifs is 1. The van der Waals surface area contributed by atoms with Gasteiger partial charge in [-0.1, -0.05) is 43.2 Å². The second-order valence-electron chi connectivity index (χ2n) is 8.71. The van der Waals surface area contributed by atoms with Crippen LogP contribution in [0, 0.1) is 11.8 Å². The SMILES string of the molecule is CSCC[C@H](C(=O)NCC1(c2ccccc2)CC1)N1C(=O)[C@H]2CCCC[C@H]2C1=O. The van der Waals surface area contributed by atoms with E-state index in [9.17, 15) is 14.4 Å². The Kier molecular flexibility index (Phi) is 6.00. The lowest BCUT2D eigenvalue weighted by Gasteiger charge is -2.27. The van der Waals surface area contributed by atoms with Gasteiger partial charge >= 0.3 is 0 Å². The molecule has 5 nitrogen and oxygen atoms in total. The number of likely N-dealkylation sites (tertiary alicyclic amines) is 1. The smallest absolute Gasteiger partial charge is 0.243 e. The Bertz CT molecular complexity index is 754. The highest BCUT2D eigenvalue weighted by Crippen LogP contribution is 2.47. The maximum Gasteiger partial charge on any atom is 0.243 e. The number of hydrogen-bond acceptors (Lipinski definition) is 4. The molecule has 0 unspecified atom stereocenters. The standard InChI is InChI=1S/C23H30N2O3S/c1-29-14-11-19(25-21(27)17-9-5-6-10-18(17)22(25)28)20(26)24-15-23(12-13-23)16-7-3-2-4-8-16/h2-4,7-8,17-19H,5-6,9-15H2,1H3,(H,24,26)/t17-,18+,19-/m1/s1. The molecule has 0 spiro atoms. The van der Waals surface area contributed by atoms with Crippen LogP contribution in [-0.4, -0.2) is 47.2 Å². The summed E-state index contributed by atoms with van der Waals surface area (Å²) < 4.78 is 0. The van der Waals surface area contributed by atoms with Gasteiger partial charge in [-0.25, -0.2) is 0 Å². The zero-order chi connectivity index (χ0) is 20.4. The second kappa shape index (κ2) is 8.50. The van der Waals surface area contributed by atoms with Crippen LogP contribution in [0.15, 0.2) is 30.3 Å². The minimum atomic E-state index is -0.681. The zero-order valence-corrected chi connectivity index (χ0v) is 17.9. The van der Waals surface area contributed by atoms with Gasteiger partial charge < -0.3 is 5.32 Å². The molecule has 156 valence electrons.